The molecule has 0 saturated heterocycles. The van der Waals surface area contributed by atoms with Gasteiger partial charge in [0, 0.05) is 12.5 Å². The number of carbonyl (C=O) groups excluding carboxylic acids is 1. The van der Waals surface area contributed by atoms with Crippen LogP contribution < -0.4 is 5.32 Å². The van der Waals surface area contributed by atoms with E-state index in [1.807, 2.05) is 18.2 Å². The summed E-state index contributed by atoms with van der Waals surface area (Å²) in [6.07, 6.45) is 9.20. The zero-order valence-electron chi connectivity index (χ0n) is 11.2. The highest BCUT2D eigenvalue weighted by molar-refractivity contribution is 5.82. The lowest BCUT2D eigenvalue weighted by molar-refractivity contribution is -0.123. The third-order valence-electron chi connectivity index (χ3n) is 4.44. The summed E-state index contributed by atoms with van der Waals surface area (Å²) in [6, 6.07) is 10.1. The van der Waals surface area contributed by atoms with Gasteiger partial charge in [0.2, 0.25) is 5.91 Å². The van der Waals surface area contributed by atoms with E-state index in [0.717, 1.165) is 12.8 Å². The van der Waals surface area contributed by atoms with E-state index in [0.29, 0.717) is 18.4 Å². The van der Waals surface area contributed by atoms with Crippen LogP contribution in [-0.2, 0) is 11.3 Å². The number of hydrogen-bond acceptors (Lipinski definition) is 1. The van der Waals surface area contributed by atoms with Gasteiger partial charge >= 0.3 is 0 Å². The van der Waals surface area contributed by atoms with Crippen LogP contribution >= 0.6 is 0 Å². The molecule has 19 heavy (non-hydrogen) atoms. The van der Waals surface area contributed by atoms with Crippen molar-refractivity contribution in [1.82, 2.24) is 5.32 Å². The lowest BCUT2D eigenvalue weighted by atomic mass is 10.1. The third kappa shape index (κ3) is 2.89. The van der Waals surface area contributed by atoms with Crippen molar-refractivity contribution in [3.05, 3.63) is 48.0 Å². The Bertz CT molecular complexity index is 449. The molecule has 0 heterocycles. The highest BCUT2D eigenvalue weighted by Gasteiger charge is 2.52. The number of allylic oxidation sites excluding steroid dienone is 2. The summed E-state index contributed by atoms with van der Waals surface area (Å²) in [5, 5.41) is 3.10. The second-order valence-electron chi connectivity index (χ2n) is 5.68. The molecule has 2 heteroatoms. The molecule has 0 spiro atoms. The van der Waals surface area contributed by atoms with Crippen LogP contribution in [0.2, 0.25) is 0 Å². The van der Waals surface area contributed by atoms with Crippen molar-refractivity contribution in [2.45, 2.75) is 32.2 Å². The predicted molar refractivity (Wildman–Crippen MR) is 76.4 cm³/mol. The number of nitrogens with one attached hydrogen (secondary N) is 1. The Morgan fingerprint density at radius 2 is 1.68 bits per heavy atom. The quantitative estimate of drug-likeness (QED) is 0.825. The number of fused-ring (bicyclic) bond motifs is 1. The average molecular weight is 255 g/mol. The summed E-state index contributed by atoms with van der Waals surface area (Å²) < 4.78 is 0. The Hall–Kier alpha value is -1.57. The minimum atomic E-state index is 0.265. The molecule has 1 N–H and O–H groups in total. The van der Waals surface area contributed by atoms with Crippen LogP contribution in [0.5, 0.6) is 0 Å². The smallest absolute Gasteiger partial charge is 0.223 e. The first-order valence-electron chi connectivity index (χ1n) is 7.33. The van der Waals surface area contributed by atoms with Gasteiger partial charge in [-0.1, -0.05) is 42.5 Å². The SMILES string of the molecule is O=C(NCc1ccccc1)C1[C@@H]2CCC=CCC[C@@H]12. The Kier molecular flexibility index (Phi) is 3.67. The second kappa shape index (κ2) is 5.60. The molecule has 1 amide bonds. The van der Waals surface area contributed by atoms with Crippen LogP contribution in [-0.4, -0.2) is 5.91 Å². The van der Waals surface area contributed by atoms with Gasteiger partial charge in [-0.25, -0.2) is 0 Å². The van der Waals surface area contributed by atoms with E-state index < -0.39 is 0 Å². The monoisotopic (exact) mass is 255 g/mol. The standard InChI is InChI=1S/C17H21NO/c19-17(18-12-13-8-4-3-5-9-13)16-14-10-6-1-2-7-11-15(14)16/h1-5,8-9,14-16H,6-7,10-12H2,(H,18,19)/t14-,15-/m1/s1. The van der Waals surface area contributed by atoms with Crippen molar-refractivity contribution in [3.8, 4) is 0 Å². The van der Waals surface area contributed by atoms with Crippen molar-refractivity contribution in [1.29, 1.82) is 0 Å². The first-order chi connectivity index (χ1) is 9.36. The Labute approximate surface area is 114 Å². The zero-order chi connectivity index (χ0) is 13.1. The number of benzene rings is 1. The number of rotatable bonds is 3. The Balaban J connectivity index is 1.52. The maximum atomic E-state index is 12.2. The van der Waals surface area contributed by atoms with Crippen LogP contribution in [0.25, 0.3) is 0 Å². The van der Waals surface area contributed by atoms with E-state index in [-0.39, 0.29) is 11.8 Å². The molecule has 0 bridgehead atoms. The summed E-state index contributed by atoms with van der Waals surface area (Å²) in [6.45, 7) is 0.661. The Morgan fingerprint density at radius 3 is 2.32 bits per heavy atom. The number of amides is 1. The van der Waals surface area contributed by atoms with Gasteiger partial charge < -0.3 is 5.32 Å². The summed E-state index contributed by atoms with van der Waals surface area (Å²) in [5.74, 6) is 1.82. The minimum Gasteiger partial charge on any atom is -0.352 e. The summed E-state index contributed by atoms with van der Waals surface area (Å²) in [4.78, 5) is 12.2. The van der Waals surface area contributed by atoms with E-state index in [2.05, 4.69) is 29.6 Å². The molecule has 1 fully saturated rings. The van der Waals surface area contributed by atoms with Gasteiger partial charge in [0.1, 0.15) is 0 Å². The predicted octanol–water partition coefficient (Wildman–Crippen LogP) is 3.30. The fraction of sp³-hybridized carbons (Fsp3) is 0.471. The molecule has 2 aliphatic rings. The molecule has 1 saturated carbocycles. The molecule has 2 aliphatic carbocycles. The first kappa shape index (κ1) is 12.5. The maximum Gasteiger partial charge on any atom is 0.223 e. The lowest BCUT2D eigenvalue weighted by Gasteiger charge is -2.04. The molecule has 2 atom stereocenters. The van der Waals surface area contributed by atoms with Gasteiger partial charge in [0.15, 0.2) is 0 Å². The zero-order valence-corrected chi connectivity index (χ0v) is 11.2. The average Bonchev–Trinajstić information content (AvgIpc) is 3.08. The van der Waals surface area contributed by atoms with Crippen LogP contribution in [0, 0.1) is 17.8 Å². The van der Waals surface area contributed by atoms with Gasteiger partial charge in [-0.3, -0.25) is 4.79 Å². The van der Waals surface area contributed by atoms with E-state index in [1.54, 1.807) is 0 Å². The van der Waals surface area contributed by atoms with Crippen LogP contribution in [0.15, 0.2) is 42.5 Å². The topological polar surface area (TPSA) is 29.1 Å². The molecule has 0 aliphatic heterocycles. The van der Waals surface area contributed by atoms with E-state index in [4.69, 9.17) is 0 Å². The number of hydrogen-bond donors (Lipinski definition) is 1. The summed E-state index contributed by atoms with van der Waals surface area (Å²) in [5.41, 5.74) is 1.18. The van der Waals surface area contributed by atoms with Crippen LogP contribution in [0.3, 0.4) is 0 Å². The largest absolute Gasteiger partial charge is 0.352 e. The van der Waals surface area contributed by atoms with Crippen molar-refractivity contribution < 1.29 is 4.79 Å². The highest BCUT2D eigenvalue weighted by atomic mass is 16.2. The highest BCUT2D eigenvalue weighted by Crippen LogP contribution is 2.52. The fourth-order valence-electron chi connectivity index (χ4n) is 3.34. The molecular weight excluding hydrogens is 234 g/mol. The van der Waals surface area contributed by atoms with Gasteiger partial charge in [-0.05, 0) is 43.1 Å². The van der Waals surface area contributed by atoms with Gasteiger partial charge in [0.05, 0.1) is 0 Å². The molecule has 1 aromatic carbocycles. The van der Waals surface area contributed by atoms with Crippen molar-refractivity contribution in [2.75, 3.05) is 0 Å². The molecular formula is C17H21NO. The van der Waals surface area contributed by atoms with Crippen LogP contribution in [0.4, 0.5) is 0 Å². The molecule has 0 unspecified atom stereocenters. The molecule has 0 radical (unpaired) electrons. The van der Waals surface area contributed by atoms with Gasteiger partial charge in [-0.2, -0.15) is 0 Å². The lowest BCUT2D eigenvalue weighted by Crippen LogP contribution is -2.25. The number of carbonyl (C=O) groups is 1. The van der Waals surface area contributed by atoms with Crippen molar-refractivity contribution >= 4 is 5.91 Å². The maximum absolute atomic E-state index is 12.2. The van der Waals surface area contributed by atoms with Gasteiger partial charge in [0.25, 0.3) is 0 Å². The molecule has 100 valence electrons. The van der Waals surface area contributed by atoms with Gasteiger partial charge in [-0.15, -0.1) is 0 Å². The molecule has 3 rings (SSSR count). The molecule has 2 nitrogen and oxygen atoms in total. The Morgan fingerprint density at radius 1 is 1.05 bits per heavy atom. The van der Waals surface area contributed by atoms with E-state index in [9.17, 15) is 4.79 Å². The molecule has 1 aromatic rings. The fourth-order valence-corrected chi connectivity index (χ4v) is 3.34. The normalized spacial score (nSPS) is 28.9. The van der Waals surface area contributed by atoms with Crippen LogP contribution in [0.1, 0.15) is 31.2 Å². The van der Waals surface area contributed by atoms with Crippen molar-refractivity contribution in [3.63, 3.8) is 0 Å². The second-order valence-corrected chi connectivity index (χ2v) is 5.68. The van der Waals surface area contributed by atoms with E-state index >= 15 is 0 Å². The molecule has 0 aromatic heterocycles. The third-order valence-corrected chi connectivity index (χ3v) is 4.44. The summed E-state index contributed by atoms with van der Waals surface area (Å²) >= 11 is 0. The first-order valence-corrected chi connectivity index (χ1v) is 7.33. The van der Waals surface area contributed by atoms with E-state index in [1.165, 1.54) is 18.4 Å². The summed E-state index contributed by atoms with van der Waals surface area (Å²) in [7, 11) is 0. The minimum absolute atomic E-state index is 0.265. The van der Waals surface area contributed by atoms with Crippen molar-refractivity contribution in [2.24, 2.45) is 17.8 Å².